The van der Waals surface area contributed by atoms with Crippen molar-refractivity contribution in [3.05, 3.63) is 46.5 Å². The monoisotopic (exact) mass is 290 g/mol. The molecule has 0 spiro atoms. The molecule has 1 heterocycles. The fraction of sp³-hybridized carbons (Fsp3) is 0.333. The molecule has 0 fully saturated rings. The number of carbonyl (C=O) groups is 1. The van der Waals surface area contributed by atoms with Crippen LogP contribution in [0.15, 0.2) is 30.3 Å². The number of anilines is 1. The largest absolute Gasteiger partial charge is 0.455 e. The van der Waals surface area contributed by atoms with Crippen LogP contribution in [0.3, 0.4) is 0 Å². The standard InChI is InChI=1S/C15H18N2O2S/c1-15(2,3)19-13(18)12-11(20-14(16)17-12)9-10-7-5-4-6-8-10/h4-8H,9H2,1-3H3,(H2,16,17). The van der Waals surface area contributed by atoms with Crippen LogP contribution in [-0.4, -0.2) is 16.6 Å². The van der Waals surface area contributed by atoms with Gasteiger partial charge in [-0.1, -0.05) is 30.3 Å². The van der Waals surface area contributed by atoms with Gasteiger partial charge in [-0.25, -0.2) is 9.78 Å². The molecule has 0 saturated heterocycles. The van der Waals surface area contributed by atoms with E-state index < -0.39 is 11.6 Å². The molecular formula is C15H18N2O2S. The Morgan fingerprint density at radius 2 is 1.95 bits per heavy atom. The second-order valence-corrected chi connectivity index (χ2v) is 6.60. The van der Waals surface area contributed by atoms with E-state index in [0.717, 1.165) is 10.4 Å². The molecule has 4 nitrogen and oxygen atoms in total. The van der Waals surface area contributed by atoms with Crippen LogP contribution in [0.1, 0.15) is 41.7 Å². The Bertz CT molecular complexity index is 600. The SMILES string of the molecule is CC(C)(C)OC(=O)c1nc(N)sc1Cc1ccccc1. The highest BCUT2D eigenvalue weighted by atomic mass is 32.1. The quantitative estimate of drug-likeness (QED) is 0.881. The highest BCUT2D eigenvalue weighted by molar-refractivity contribution is 7.15. The van der Waals surface area contributed by atoms with Gasteiger partial charge in [0.05, 0.1) is 0 Å². The van der Waals surface area contributed by atoms with Crippen molar-refractivity contribution >= 4 is 22.4 Å². The summed E-state index contributed by atoms with van der Waals surface area (Å²) in [5, 5.41) is 0.386. The molecule has 0 saturated carbocycles. The summed E-state index contributed by atoms with van der Waals surface area (Å²) in [5.74, 6) is -0.420. The second-order valence-electron chi connectivity index (χ2n) is 5.49. The number of thiazole rings is 1. The van der Waals surface area contributed by atoms with Crippen molar-refractivity contribution < 1.29 is 9.53 Å². The van der Waals surface area contributed by atoms with Crippen LogP contribution in [0.25, 0.3) is 0 Å². The predicted octanol–water partition coefficient (Wildman–Crippen LogP) is 3.27. The van der Waals surface area contributed by atoms with Crippen molar-refractivity contribution in [2.75, 3.05) is 5.73 Å². The lowest BCUT2D eigenvalue weighted by Gasteiger charge is -2.19. The first-order valence-electron chi connectivity index (χ1n) is 6.37. The van der Waals surface area contributed by atoms with Crippen molar-refractivity contribution in [2.45, 2.75) is 32.8 Å². The van der Waals surface area contributed by atoms with Gasteiger partial charge in [-0.15, -0.1) is 11.3 Å². The van der Waals surface area contributed by atoms with E-state index in [0.29, 0.717) is 17.2 Å². The van der Waals surface area contributed by atoms with Crippen molar-refractivity contribution in [1.82, 2.24) is 4.98 Å². The van der Waals surface area contributed by atoms with E-state index in [-0.39, 0.29) is 0 Å². The average molecular weight is 290 g/mol. The number of hydrogen-bond donors (Lipinski definition) is 1. The fourth-order valence-electron chi connectivity index (χ4n) is 1.76. The number of nitrogens with zero attached hydrogens (tertiary/aromatic N) is 1. The number of carbonyl (C=O) groups excluding carboxylic acids is 1. The normalized spacial score (nSPS) is 11.3. The summed E-state index contributed by atoms with van der Waals surface area (Å²) in [6.07, 6.45) is 0.629. The molecule has 0 radical (unpaired) electrons. The number of aromatic nitrogens is 1. The minimum atomic E-state index is -0.542. The van der Waals surface area contributed by atoms with E-state index in [1.54, 1.807) is 0 Å². The van der Waals surface area contributed by atoms with E-state index in [4.69, 9.17) is 10.5 Å². The highest BCUT2D eigenvalue weighted by Gasteiger charge is 2.23. The van der Waals surface area contributed by atoms with Gasteiger partial charge in [0.2, 0.25) is 0 Å². The zero-order valence-corrected chi connectivity index (χ0v) is 12.7. The summed E-state index contributed by atoms with van der Waals surface area (Å²) in [5.41, 5.74) is 6.63. The lowest BCUT2D eigenvalue weighted by Crippen LogP contribution is -2.24. The first kappa shape index (κ1) is 14.5. The molecule has 2 rings (SSSR count). The van der Waals surface area contributed by atoms with Crippen LogP contribution in [-0.2, 0) is 11.2 Å². The van der Waals surface area contributed by atoms with Crippen molar-refractivity contribution in [2.24, 2.45) is 0 Å². The van der Waals surface area contributed by atoms with Crippen LogP contribution in [0.4, 0.5) is 5.13 Å². The molecule has 0 aliphatic carbocycles. The maximum atomic E-state index is 12.2. The van der Waals surface area contributed by atoms with E-state index in [9.17, 15) is 4.79 Å². The van der Waals surface area contributed by atoms with Crippen molar-refractivity contribution in [3.8, 4) is 0 Å². The maximum absolute atomic E-state index is 12.2. The Kier molecular flexibility index (Phi) is 4.09. The van der Waals surface area contributed by atoms with E-state index >= 15 is 0 Å². The number of hydrogen-bond acceptors (Lipinski definition) is 5. The summed E-state index contributed by atoms with van der Waals surface area (Å²) in [6.45, 7) is 5.49. The van der Waals surface area contributed by atoms with E-state index in [2.05, 4.69) is 4.98 Å². The molecular weight excluding hydrogens is 272 g/mol. The molecule has 0 aliphatic rings. The third-order valence-electron chi connectivity index (χ3n) is 2.51. The van der Waals surface area contributed by atoms with Crippen LogP contribution in [0.2, 0.25) is 0 Å². The van der Waals surface area contributed by atoms with Crippen LogP contribution in [0.5, 0.6) is 0 Å². The Morgan fingerprint density at radius 1 is 1.30 bits per heavy atom. The third-order valence-corrected chi connectivity index (χ3v) is 3.40. The maximum Gasteiger partial charge on any atom is 0.358 e. The summed E-state index contributed by atoms with van der Waals surface area (Å²) in [4.78, 5) is 17.1. The van der Waals surface area contributed by atoms with Crippen LogP contribution < -0.4 is 5.73 Å². The highest BCUT2D eigenvalue weighted by Crippen LogP contribution is 2.25. The molecule has 1 aromatic carbocycles. The Morgan fingerprint density at radius 3 is 2.55 bits per heavy atom. The summed E-state index contributed by atoms with van der Waals surface area (Å²) in [6, 6.07) is 9.91. The number of nitrogens with two attached hydrogens (primary N) is 1. The van der Waals surface area contributed by atoms with Gasteiger partial charge in [-0.2, -0.15) is 0 Å². The lowest BCUT2D eigenvalue weighted by molar-refractivity contribution is 0.00628. The zero-order valence-electron chi connectivity index (χ0n) is 11.8. The second kappa shape index (κ2) is 5.63. The number of nitrogen functional groups attached to an aromatic ring is 1. The van der Waals surface area contributed by atoms with Crippen LogP contribution >= 0.6 is 11.3 Å². The molecule has 0 amide bonds. The minimum absolute atomic E-state index is 0.325. The molecule has 1 aromatic heterocycles. The Balaban J connectivity index is 2.24. The first-order valence-corrected chi connectivity index (χ1v) is 7.19. The predicted molar refractivity (Wildman–Crippen MR) is 80.9 cm³/mol. The summed E-state index contributed by atoms with van der Waals surface area (Å²) >= 11 is 1.33. The van der Waals surface area contributed by atoms with Gasteiger partial charge in [0, 0.05) is 11.3 Å². The van der Waals surface area contributed by atoms with E-state index in [1.807, 2.05) is 51.1 Å². The average Bonchev–Trinajstić information content (AvgIpc) is 2.69. The molecule has 0 bridgehead atoms. The van der Waals surface area contributed by atoms with Gasteiger partial charge in [-0.05, 0) is 26.3 Å². The molecule has 0 atom stereocenters. The Hall–Kier alpha value is -1.88. The number of benzene rings is 1. The van der Waals surface area contributed by atoms with E-state index in [1.165, 1.54) is 11.3 Å². The third kappa shape index (κ3) is 3.81. The minimum Gasteiger partial charge on any atom is -0.455 e. The van der Waals surface area contributed by atoms with Crippen LogP contribution in [0, 0.1) is 0 Å². The summed E-state index contributed by atoms with van der Waals surface area (Å²) in [7, 11) is 0. The molecule has 20 heavy (non-hydrogen) atoms. The molecule has 0 aliphatic heterocycles. The Labute approximate surface area is 122 Å². The van der Waals surface area contributed by atoms with Gasteiger partial charge in [-0.3, -0.25) is 0 Å². The van der Waals surface area contributed by atoms with Gasteiger partial charge >= 0.3 is 5.97 Å². The van der Waals surface area contributed by atoms with Gasteiger partial charge < -0.3 is 10.5 Å². The van der Waals surface area contributed by atoms with Gasteiger partial charge in [0.1, 0.15) is 5.60 Å². The van der Waals surface area contributed by atoms with Gasteiger partial charge in [0.25, 0.3) is 0 Å². The zero-order chi connectivity index (χ0) is 14.8. The molecule has 0 unspecified atom stereocenters. The smallest absolute Gasteiger partial charge is 0.358 e. The number of esters is 1. The van der Waals surface area contributed by atoms with Crippen molar-refractivity contribution in [1.29, 1.82) is 0 Å². The molecule has 2 aromatic rings. The summed E-state index contributed by atoms with van der Waals surface area (Å²) < 4.78 is 5.37. The topological polar surface area (TPSA) is 65.2 Å². The number of ether oxygens (including phenoxy) is 1. The molecule has 106 valence electrons. The first-order chi connectivity index (χ1) is 9.35. The molecule has 2 N–H and O–H groups in total. The fourth-order valence-corrected chi connectivity index (χ4v) is 2.61. The lowest BCUT2D eigenvalue weighted by atomic mass is 10.1. The van der Waals surface area contributed by atoms with Crippen molar-refractivity contribution in [3.63, 3.8) is 0 Å². The molecule has 5 heteroatoms. The van der Waals surface area contributed by atoms with Gasteiger partial charge in [0.15, 0.2) is 10.8 Å². The number of rotatable bonds is 3.